The summed E-state index contributed by atoms with van der Waals surface area (Å²) in [5.41, 5.74) is 0.727. The van der Waals surface area contributed by atoms with Crippen molar-refractivity contribution in [2.24, 2.45) is 7.05 Å². The van der Waals surface area contributed by atoms with Crippen molar-refractivity contribution in [1.82, 2.24) is 4.57 Å². The van der Waals surface area contributed by atoms with Gasteiger partial charge in [0.1, 0.15) is 10.4 Å². The van der Waals surface area contributed by atoms with Crippen molar-refractivity contribution in [3.8, 4) is 11.8 Å². The van der Waals surface area contributed by atoms with Crippen molar-refractivity contribution in [2.75, 3.05) is 7.11 Å². The molecule has 4 nitrogen and oxygen atoms in total. The molecule has 0 saturated carbocycles. The zero-order chi connectivity index (χ0) is 13.8. The van der Waals surface area contributed by atoms with Gasteiger partial charge in [-0.2, -0.15) is 5.26 Å². The van der Waals surface area contributed by atoms with Gasteiger partial charge in [-0.25, -0.2) is 0 Å². The summed E-state index contributed by atoms with van der Waals surface area (Å²) in [5.74, 6) is 0.712. The second-order valence-electron chi connectivity index (χ2n) is 3.83. The van der Waals surface area contributed by atoms with E-state index < -0.39 is 0 Å². The van der Waals surface area contributed by atoms with Gasteiger partial charge in [0.05, 0.1) is 17.7 Å². The van der Waals surface area contributed by atoms with Gasteiger partial charge >= 0.3 is 0 Å². The predicted molar refractivity (Wildman–Crippen MR) is 75.4 cm³/mol. The summed E-state index contributed by atoms with van der Waals surface area (Å²) < 4.78 is 7.92. The lowest BCUT2D eigenvalue weighted by Crippen LogP contribution is -2.28. The van der Waals surface area contributed by atoms with Crippen molar-refractivity contribution < 1.29 is 4.74 Å². The molecule has 0 atom stereocenters. The summed E-state index contributed by atoms with van der Waals surface area (Å²) in [6.07, 6.45) is 3.15. The number of hydrogen-bond acceptors (Lipinski definition) is 4. The number of benzene rings is 1. The van der Waals surface area contributed by atoms with Crippen LogP contribution in [0.1, 0.15) is 5.56 Å². The molecule has 0 aliphatic rings. The Bertz CT molecular complexity index is 809. The molecule has 0 fully saturated rings. The van der Waals surface area contributed by atoms with Crippen LogP contribution >= 0.6 is 11.3 Å². The van der Waals surface area contributed by atoms with E-state index in [0.29, 0.717) is 14.9 Å². The summed E-state index contributed by atoms with van der Waals surface area (Å²) in [4.78, 5) is 12.0. The van der Waals surface area contributed by atoms with E-state index in [9.17, 15) is 4.79 Å². The summed E-state index contributed by atoms with van der Waals surface area (Å²) >= 11 is 1.29. The van der Waals surface area contributed by atoms with E-state index in [4.69, 9.17) is 10.00 Å². The lowest BCUT2D eigenvalue weighted by Gasteiger charge is -2.02. The molecule has 1 aromatic carbocycles. The lowest BCUT2D eigenvalue weighted by atomic mass is 10.2. The van der Waals surface area contributed by atoms with Crippen LogP contribution in [-0.4, -0.2) is 11.7 Å². The van der Waals surface area contributed by atoms with Crippen LogP contribution in [0.15, 0.2) is 29.1 Å². The zero-order valence-corrected chi connectivity index (χ0v) is 11.4. The van der Waals surface area contributed by atoms with E-state index in [2.05, 4.69) is 0 Å². The van der Waals surface area contributed by atoms with Gasteiger partial charge in [0.2, 0.25) is 0 Å². The highest BCUT2D eigenvalue weighted by molar-refractivity contribution is 7.07. The van der Waals surface area contributed by atoms with Crippen LogP contribution in [-0.2, 0) is 7.05 Å². The minimum Gasteiger partial charge on any atom is -0.496 e. The Morgan fingerprint density at radius 2 is 2.16 bits per heavy atom. The molecule has 0 aliphatic heterocycles. The van der Waals surface area contributed by atoms with Crippen LogP contribution in [0.2, 0.25) is 0 Å². The molecule has 0 saturated heterocycles. The highest BCUT2D eigenvalue weighted by Crippen LogP contribution is 2.17. The average Bonchev–Trinajstić information content (AvgIpc) is 2.68. The van der Waals surface area contributed by atoms with E-state index in [1.165, 1.54) is 22.0 Å². The minimum absolute atomic E-state index is 0.114. The maximum atomic E-state index is 12.0. The molecule has 2 rings (SSSR count). The van der Waals surface area contributed by atoms with E-state index >= 15 is 0 Å². The monoisotopic (exact) mass is 272 g/mol. The first kappa shape index (κ1) is 13.1. The van der Waals surface area contributed by atoms with Crippen LogP contribution in [0.3, 0.4) is 0 Å². The van der Waals surface area contributed by atoms with Crippen LogP contribution < -0.4 is 19.5 Å². The number of nitrogens with zero attached hydrogens (tertiary/aromatic N) is 2. The third kappa shape index (κ3) is 2.59. The average molecular weight is 272 g/mol. The summed E-state index contributed by atoms with van der Waals surface area (Å²) in [5, 5.41) is 8.67. The maximum Gasteiger partial charge on any atom is 0.268 e. The molecule has 1 aromatic heterocycles. The van der Waals surface area contributed by atoms with Gasteiger partial charge in [0, 0.05) is 18.7 Å². The largest absolute Gasteiger partial charge is 0.496 e. The fourth-order valence-electron chi connectivity index (χ4n) is 1.69. The molecule has 0 bridgehead atoms. The van der Waals surface area contributed by atoms with E-state index in [1.807, 2.05) is 30.3 Å². The fourth-order valence-corrected chi connectivity index (χ4v) is 2.66. The quantitative estimate of drug-likeness (QED) is 0.804. The molecule has 0 radical (unpaired) electrons. The summed E-state index contributed by atoms with van der Waals surface area (Å²) in [7, 11) is 3.25. The van der Waals surface area contributed by atoms with Gasteiger partial charge in [-0.05, 0) is 12.1 Å². The number of thiazole rings is 1. The molecule has 0 spiro atoms. The number of ether oxygens (including phenoxy) is 1. The smallest absolute Gasteiger partial charge is 0.268 e. The summed E-state index contributed by atoms with van der Waals surface area (Å²) in [6.45, 7) is 0. The topological polar surface area (TPSA) is 55.0 Å². The Hall–Kier alpha value is -2.32. The lowest BCUT2D eigenvalue weighted by molar-refractivity contribution is 0.414. The van der Waals surface area contributed by atoms with Crippen molar-refractivity contribution in [2.45, 2.75) is 0 Å². The van der Waals surface area contributed by atoms with Gasteiger partial charge in [-0.3, -0.25) is 4.79 Å². The molecular formula is C14H12N2O2S. The minimum atomic E-state index is -0.114. The second kappa shape index (κ2) is 5.55. The Morgan fingerprint density at radius 3 is 2.84 bits per heavy atom. The Labute approximate surface area is 114 Å². The van der Waals surface area contributed by atoms with Gasteiger partial charge < -0.3 is 9.30 Å². The fraction of sp³-hybridized carbons (Fsp3) is 0.143. The molecule has 0 amide bonds. The number of para-hydroxylation sites is 1. The SMILES string of the molecule is COc1ccccc1/C=c1\s/c(=C\C#N)n(C)c1=O. The highest BCUT2D eigenvalue weighted by Gasteiger charge is 2.02. The summed E-state index contributed by atoms with van der Waals surface area (Å²) in [6, 6.07) is 9.42. The van der Waals surface area contributed by atoms with Crippen LogP contribution in [0.5, 0.6) is 5.75 Å². The third-order valence-corrected chi connectivity index (χ3v) is 3.79. The van der Waals surface area contributed by atoms with Gasteiger partial charge in [0.15, 0.2) is 0 Å². The Balaban J connectivity index is 2.70. The number of rotatable bonds is 2. The standard InChI is InChI=1S/C14H12N2O2S/c1-16-13(7-8-15)19-12(14(16)17)9-10-5-3-4-6-11(10)18-2/h3-7,9H,1-2H3/b12-9-,13-7-. The molecule has 96 valence electrons. The molecular weight excluding hydrogens is 260 g/mol. The third-order valence-electron chi connectivity index (χ3n) is 2.67. The van der Waals surface area contributed by atoms with E-state index in [-0.39, 0.29) is 5.56 Å². The predicted octanol–water partition coefficient (Wildman–Crippen LogP) is 0.588. The zero-order valence-electron chi connectivity index (χ0n) is 10.6. The molecule has 5 heteroatoms. The maximum absolute atomic E-state index is 12.0. The van der Waals surface area contributed by atoms with Crippen molar-refractivity contribution in [3.05, 3.63) is 49.4 Å². The van der Waals surface area contributed by atoms with Crippen molar-refractivity contribution >= 4 is 23.5 Å². The van der Waals surface area contributed by atoms with Crippen molar-refractivity contribution in [1.29, 1.82) is 5.26 Å². The molecule has 0 aliphatic carbocycles. The molecule has 1 heterocycles. The van der Waals surface area contributed by atoms with E-state index in [1.54, 1.807) is 20.2 Å². The first-order chi connectivity index (χ1) is 9.17. The highest BCUT2D eigenvalue weighted by atomic mass is 32.1. The van der Waals surface area contributed by atoms with Gasteiger partial charge in [0.25, 0.3) is 5.56 Å². The second-order valence-corrected chi connectivity index (χ2v) is 4.89. The van der Waals surface area contributed by atoms with Crippen LogP contribution in [0.25, 0.3) is 12.2 Å². The van der Waals surface area contributed by atoms with E-state index in [0.717, 1.165) is 5.56 Å². The Morgan fingerprint density at radius 1 is 1.42 bits per heavy atom. The number of methoxy groups -OCH3 is 1. The molecule has 19 heavy (non-hydrogen) atoms. The molecule has 0 N–H and O–H groups in total. The number of nitriles is 1. The van der Waals surface area contributed by atoms with Gasteiger partial charge in [-0.1, -0.05) is 18.2 Å². The first-order valence-electron chi connectivity index (χ1n) is 5.57. The Kier molecular flexibility index (Phi) is 3.83. The normalized spacial score (nSPS) is 12.5. The van der Waals surface area contributed by atoms with Crippen LogP contribution in [0, 0.1) is 11.3 Å². The van der Waals surface area contributed by atoms with Crippen molar-refractivity contribution in [3.63, 3.8) is 0 Å². The number of hydrogen-bond donors (Lipinski definition) is 0. The molecule has 2 aromatic rings. The van der Waals surface area contributed by atoms with Gasteiger partial charge in [-0.15, -0.1) is 11.3 Å². The van der Waals surface area contributed by atoms with Crippen LogP contribution in [0.4, 0.5) is 0 Å². The number of aromatic nitrogens is 1. The molecule has 0 unspecified atom stereocenters. The first-order valence-corrected chi connectivity index (χ1v) is 6.39.